The van der Waals surface area contributed by atoms with Crippen molar-refractivity contribution in [2.45, 2.75) is 38.0 Å². The van der Waals surface area contributed by atoms with Gasteiger partial charge in [0.05, 0.1) is 0 Å². The third kappa shape index (κ3) is 1.78. The Labute approximate surface area is 115 Å². The molecule has 1 unspecified atom stereocenters. The average molecular weight is 259 g/mol. The first-order valence-electron chi connectivity index (χ1n) is 7.93. The zero-order valence-corrected chi connectivity index (χ0v) is 11.8. The van der Waals surface area contributed by atoms with Crippen molar-refractivity contribution in [1.29, 1.82) is 0 Å². The lowest BCUT2D eigenvalue weighted by molar-refractivity contribution is -0.0480. The summed E-state index contributed by atoms with van der Waals surface area (Å²) in [6, 6.07) is 0. The van der Waals surface area contributed by atoms with E-state index in [1.807, 2.05) is 6.20 Å². The van der Waals surface area contributed by atoms with Gasteiger partial charge in [-0.25, -0.2) is 4.98 Å². The Hall–Kier alpha value is -0.830. The van der Waals surface area contributed by atoms with Gasteiger partial charge < -0.3 is 10.3 Å². The van der Waals surface area contributed by atoms with Crippen molar-refractivity contribution >= 4 is 0 Å². The van der Waals surface area contributed by atoms with Gasteiger partial charge in [0.1, 0.15) is 5.82 Å². The quantitative estimate of drug-likeness (QED) is 0.906. The van der Waals surface area contributed by atoms with Gasteiger partial charge >= 0.3 is 0 Å². The fourth-order valence-electron chi connectivity index (χ4n) is 5.79. The summed E-state index contributed by atoms with van der Waals surface area (Å²) in [6.45, 7) is 0.762. The molecule has 3 nitrogen and oxygen atoms in total. The second-order valence-electron chi connectivity index (χ2n) is 7.25. The number of imidazole rings is 1. The molecule has 0 spiro atoms. The van der Waals surface area contributed by atoms with Crippen LogP contribution in [0.5, 0.6) is 0 Å². The van der Waals surface area contributed by atoms with E-state index in [1.165, 1.54) is 37.9 Å². The predicted octanol–water partition coefficient (Wildman–Crippen LogP) is 2.53. The average Bonchev–Trinajstić information content (AvgIpc) is 2.79. The zero-order valence-electron chi connectivity index (χ0n) is 11.8. The third-order valence-electron chi connectivity index (χ3n) is 6.21. The summed E-state index contributed by atoms with van der Waals surface area (Å²) in [6.07, 6.45) is 11.4. The molecule has 0 saturated heterocycles. The number of nitrogens with zero attached hydrogens (tertiary/aromatic N) is 2. The molecule has 4 aliphatic carbocycles. The van der Waals surface area contributed by atoms with E-state index in [0.29, 0.717) is 5.92 Å². The van der Waals surface area contributed by atoms with Crippen LogP contribution in [-0.2, 0) is 7.05 Å². The van der Waals surface area contributed by atoms with E-state index in [-0.39, 0.29) is 0 Å². The molecular weight excluding hydrogens is 234 g/mol. The van der Waals surface area contributed by atoms with Crippen molar-refractivity contribution in [2.75, 3.05) is 6.54 Å². The van der Waals surface area contributed by atoms with Crippen LogP contribution in [0.4, 0.5) is 0 Å². The summed E-state index contributed by atoms with van der Waals surface area (Å²) in [5.41, 5.74) is 6.16. The fourth-order valence-corrected chi connectivity index (χ4v) is 5.79. The van der Waals surface area contributed by atoms with E-state index in [1.54, 1.807) is 0 Å². The number of aryl methyl sites for hydroxylation is 1. The summed E-state index contributed by atoms with van der Waals surface area (Å²) in [4.78, 5) is 4.60. The molecule has 4 aliphatic rings. The Morgan fingerprint density at radius 2 is 1.84 bits per heavy atom. The number of hydrogen-bond acceptors (Lipinski definition) is 2. The van der Waals surface area contributed by atoms with Crippen molar-refractivity contribution in [2.24, 2.45) is 42.4 Å². The summed E-state index contributed by atoms with van der Waals surface area (Å²) in [5.74, 6) is 6.45. The van der Waals surface area contributed by atoms with Crippen molar-refractivity contribution in [3.63, 3.8) is 0 Å². The maximum absolute atomic E-state index is 6.16. The monoisotopic (exact) mass is 259 g/mol. The minimum absolute atomic E-state index is 0.481. The predicted molar refractivity (Wildman–Crippen MR) is 75.5 cm³/mol. The summed E-state index contributed by atoms with van der Waals surface area (Å²) in [7, 11) is 2.11. The van der Waals surface area contributed by atoms with Gasteiger partial charge in [-0.1, -0.05) is 0 Å². The van der Waals surface area contributed by atoms with E-state index < -0.39 is 0 Å². The minimum Gasteiger partial charge on any atom is -0.338 e. The number of nitrogens with two attached hydrogens (primary N) is 1. The number of aromatic nitrogens is 2. The van der Waals surface area contributed by atoms with Gasteiger partial charge in [-0.05, 0) is 61.7 Å². The summed E-state index contributed by atoms with van der Waals surface area (Å²) < 4.78 is 2.18. The molecule has 4 saturated carbocycles. The number of hydrogen-bond donors (Lipinski definition) is 1. The molecule has 1 atom stereocenters. The fraction of sp³-hybridized carbons (Fsp3) is 0.812. The molecule has 3 heteroatoms. The molecule has 0 amide bonds. The third-order valence-corrected chi connectivity index (χ3v) is 6.21. The summed E-state index contributed by atoms with van der Waals surface area (Å²) in [5, 5.41) is 0. The lowest BCUT2D eigenvalue weighted by atomic mass is 9.49. The summed E-state index contributed by atoms with van der Waals surface area (Å²) >= 11 is 0. The first-order valence-corrected chi connectivity index (χ1v) is 7.93. The van der Waals surface area contributed by atoms with Gasteiger partial charge in [-0.15, -0.1) is 0 Å². The lowest BCUT2D eigenvalue weighted by Crippen LogP contribution is -2.48. The SMILES string of the molecule is Cn1ccnc1C(CN)C1C2CC3CC(C2)CC1C3. The van der Waals surface area contributed by atoms with Gasteiger partial charge in [-0.3, -0.25) is 0 Å². The van der Waals surface area contributed by atoms with E-state index in [4.69, 9.17) is 5.73 Å². The molecule has 0 aliphatic heterocycles. The van der Waals surface area contributed by atoms with Gasteiger partial charge in [0.25, 0.3) is 0 Å². The molecule has 104 valence electrons. The molecule has 19 heavy (non-hydrogen) atoms. The maximum atomic E-state index is 6.16. The lowest BCUT2D eigenvalue weighted by Gasteiger charge is -2.56. The van der Waals surface area contributed by atoms with E-state index in [0.717, 1.165) is 36.1 Å². The Morgan fingerprint density at radius 3 is 2.32 bits per heavy atom. The van der Waals surface area contributed by atoms with Crippen LogP contribution in [0.2, 0.25) is 0 Å². The molecule has 1 aromatic heterocycles. The van der Waals surface area contributed by atoms with Gasteiger partial charge in [0, 0.05) is 31.9 Å². The van der Waals surface area contributed by atoms with Crippen LogP contribution in [0.1, 0.15) is 43.8 Å². The Kier molecular flexibility index (Phi) is 2.73. The number of rotatable bonds is 3. The van der Waals surface area contributed by atoms with Crippen LogP contribution in [0, 0.1) is 29.6 Å². The van der Waals surface area contributed by atoms with Crippen molar-refractivity contribution in [3.05, 3.63) is 18.2 Å². The van der Waals surface area contributed by atoms with Gasteiger partial charge in [0.2, 0.25) is 0 Å². The van der Waals surface area contributed by atoms with E-state index in [2.05, 4.69) is 22.8 Å². The van der Waals surface area contributed by atoms with Crippen molar-refractivity contribution in [1.82, 2.24) is 9.55 Å². The highest BCUT2D eigenvalue weighted by Gasteiger charge is 2.50. The molecule has 0 aromatic carbocycles. The van der Waals surface area contributed by atoms with Crippen molar-refractivity contribution < 1.29 is 0 Å². The van der Waals surface area contributed by atoms with Gasteiger partial charge in [0.15, 0.2) is 0 Å². The van der Waals surface area contributed by atoms with Crippen LogP contribution in [0.15, 0.2) is 12.4 Å². The highest BCUT2D eigenvalue weighted by Crippen LogP contribution is 2.59. The van der Waals surface area contributed by atoms with Crippen LogP contribution in [0.3, 0.4) is 0 Å². The van der Waals surface area contributed by atoms with Crippen LogP contribution < -0.4 is 5.73 Å². The largest absolute Gasteiger partial charge is 0.338 e. The second kappa shape index (κ2) is 4.34. The first kappa shape index (κ1) is 12.0. The highest BCUT2D eigenvalue weighted by atomic mass is 15.0. The molecule has 4 bridgehead atoms. The van der Waals surface area contributed by atoms with Gasteiger partial charge in [-0.2, -0.15) is 0 Å². The van der Waals surface area contributed by atoms with Crippen LogP contribution >= 0.6 is 0 Å². The Morgan fingerprint density at radius 1 is 1.21 bits per heavy atom. The Balaban J connectivity index is 1.66. The van der Waals surface area contributed by atoms with E-state index in [9.17, 15) is 0 Å². The van der Waals surface area contributed by atoms with Crippen molar-refractivity contribution in [3.8, 4) is 0 Å². The molecular formula is C16H25N3. The normalized spacial score (nSPS) is 41.7. The minimum atomic E-state index is 0.481. The molecule has 1 aromatic rings. The molecule has 0 radical (unpaired) electrons. The highest BCUT2D eigenvalue weighted by molar-refractivity contribution is 5.10. The van der Waals surface area contributed by atoms with Crippen LogP contribution in [0.25, 0.3) is 0 Å². The smallest absolute Gasteiger partial charge is 0.113 e. The molecule has 2 N–H and O–H groups in total. The van der Waals surface area contributed by atoms with E-state index >= 15 is 0 Å². The Bertz CT molecular complexity index is 436. The standard InChI is InChI=1S/C16H25N3/c1-19-3-2-18-16(19)14(9-17)15-12-5-10-4-11(7-12)8-13(15)6-10/h2-3,10-15H,4-9,17H2,1H3. The molecule has 5 rings (SSSR count). The first-order chi connectivity index (χ1) is 9.26. The zero-order chi connectivity index (χ0) is 13.0. The topological polar surface area (TPSA) is 43.8 Å². The molecule has 4 fully saturated rings. The maximum Gasteiger partial charge on any atom is 0.113 e. The van der Waals surface area contributed by atoms with Crippen LogP contribution in [-0.4, -0.2) is 16.1 Å². The molecule has 1 heterocycles. The second-order valence-corrected chi connectivity index (χ2v) is 7.25.